The number of aromatic nitrogens is 3. The maximum atomic E-state index is 11.2. The van der Waals surface area contributed by atoms with E-state index in [1.807, 2.05) is 0 Å². The molecule has 1 aliphatic rings. The lowest BCUT2D eigenvalue weighted by atomic mass is 9.96. The number of nitrogens with two attached hydrogens (primary N) is 1. The van der Waals surface area contributed by atoms with Gasteiger partial charge in [-0.1, -0.05) is 0 Å². The van der Waals surface area contributed by atoms with E-state index in [9.17, 15) is 20.1 Å². The molecule has 0 aliphatic carbocycles. The van der Waals surface area contributed by atoms with Crippen molar-refractivity contribution in [3.63, 3.8) is 0 Å². The molecule has 4 atom stereocenters. The Labute approximate surface area is 125 Å². The fourth-order valence-electron chi connectivity index (χ4n) is 2.80. The van der Waals surface area contributed by atoms with Crippen LogP contribution in [0.25, 0.3) is 11.0 Å². The normalized spacial score (nSPS) is 31.7. The van der Waals surface area contributed by atoms with Crippen LogP contribution >= 0.6 is 0 Å². The SMILES string of the molecule is C[C@]1(O)C(n2cc(C=O)c3c(N)ncnc32)OC(CO)[C@H]1O. The molecule has 1 aliphatic heterocycles. The quantitative estimate of drug-likeness (QED) is 0.519. The highest BCUT2D eigenvalue weighted by molar-refractivity contribution is 6.01. The van der Waals surface area contributed by atoms with Crippen molar-refractivity contribution in [2.45, 2.75) is 31.0 Å². The molecule has 22 heavy (non-hydrogen) atoms. The van der Waals surface area contributed by atoms with Gasteiger partial charge in [-0.2, -0.15) is 0 Å². The Kier molecular flexibility index (Phi) is 3.37. The Morgan fingerprint density at radius 1 is 1.55 bits per heavy atom. The summed E-state index contributed by atoms with van der Waals surface area (Å²) in [6.45, 7) is 0.930. The molecule has 1 fully saturated rings. The molecular weight excluding hydrogens is 292 g/mol. The van der Waals surface area contributed by atoms with Crippen molar-refractivity contribution in [2.75, 3.05) is 12.3 Å². The predicted octanol–water partition coefficient (Wildman–Crippen LogP) is -1.17. The molecule has 1 saturated heterocycles. The minimum Gasteiger partial charge on any atom is -0.394 e. The number of hydrogen-bond donors (Lipinski definition) is 4. The first-order valence-electron chi connectivity index (χ1n) is 6.64. The number of hydrogen-bond acceptors (Lipinski definition) is 8. The van der Waals surface area contributed by atoms with Gasteiger partial charge in [-0.25, -0.2) is 9.97 Å². The van der Waals surface area contributed by atoms with Crippen LogP contribution in [-0.2, 0) is 4.74 Å². The zero-order chi connectivity index (χ0) is 16.1. The maximum Gasteiger partial charge on any atom is 0.167 e. The molecule has 9 heteroatoms. The fraction of sp³-hybridized carbons (Fsp3) is 0.462. The Bertz CT molecular complexity index is 729. The summed E-state index contributed by atoms with van der Waals surface area (Å²) >= 11 is 0. The van der Waals surface area contributed by atoms with E-state index in [0.717, 1.165) is 0 Å². The lowest BCUT2D eigenvalue weighted by Gasteiger charge is -2.27. The predicted molar refractivity (Wildman–Crippen MR) is 75.0 cm³/mol. The summed E-state index contributed by atoms with van der Waals surface area (Å²) in [5.74, 6) is 0.128. The first-order chi connectivity index (χ1) is 10.4. The third kappa shape index (κ3) is 1.91. The second-order valence-electron chi connectivity index (χ2n) is 5.45. The molecular formula is C13H16N4O5. The van der Waals surface area contributed by atoms with Crippen LogP contribution in [0.5, 0.6) is 0 Å². The van der Waals surface area contributed by atoms with Gasteiger partial charge >= 0.3 is 0 Å². The van der Waals surface area contributed by atoms with Gasteiger partial charge < -0.3 is 30.4 Å². The third-order valence-corrected chi connectivity index (χ3v) is 3.98. The molecule has 0 saturated carbocycles. The molecule has 0 amide bonds. The monoisotopic (exact) mass is 308 g/mol. The highest BCUT2D eigenvalue weighted by Gasteiger charge is 2.53. The van der Waals surface area contributed by atoms with E-state index in [1.165, 1.54) is 24.0 Å². The van der Waals surface area contributed by atoms with Gasteiger partial charge in [0.25, 0.3) is 0 Å². The maximum absolute atomic E-state index is 11.2. The van der Waals surface area contributed by atoms with Crippen LogP contribution in [0.2, 0.25) is 0 Å². The summed E-state index contributed by atoms with van der Waals surface area (Å²) in [5.41, 5.74) is 4.64. The van der Waals surface area contributed by atoms with Crippen molar-refractivity contribution >= 4 is 23.1 Å². The lowest BCUT2D eigenvalue weighted by Crippen LogP contribution is -2.44. The van der Waals surface area contributed by atoms with Crippen LogP contribution in [0, 0.1) is 0 Å². The number of nitrogens with zero attached hydrogens (tertiary/aromatic N) is 3. The van der Waals surface area contributed by atoms with Gasteiger partial charge in [-0.3, -0.25) is 4.79 Å². The smallest absolute Gasteiger partial charge is 0.167 e. The summed E-state index contributed by atoms with van der Waals surface area (Å²) in [7, 11) is 0. The van der Waals surface area contributed by atoms with E-state index >= 15 is 0 Å². The topological polar surface area (TPSA) is 144 Å². The van der Waals surface area contributed by atoms with Gasteiger partial charge in [0, 0.05) is 11.8 Å². The number of ether oxygens (including phenoxy) is 1. The molecule has 0 spiro atoms. The molecule has 5 N–H and O–H groups in total. The van der Waals surface area contributed by atoms with Crippen molar-refractivity contribution < 1.29 is 24.9 Å². The second-order valence-corrected chi connectivity index (χ2v) is 5.45. The molecule has 118 valence electrons. The van der Waals surface area contributed by atoms with Gasteiger partial charge in [-0.15, -0.1) is 0 Å². The first kappa shape index (κ1) is 14.9. The minimum absolute atomic E-state index is 0.128. The fourth-order valence-corrected chi connectivity index (χ4v) is 2.80. The average molecular weight is 308 g/mol. The van der Waals surface area contributed by atoms with Crippen LogP contribution in [0.1, 0.15) is 23.5 Å². The van der Waals surface area contributed by atoms with Crippen LogP contribution in [0.3, 0.4) is 0 Å². The zero-order valence-electron chi connectivity index (χ0n) is 11.7. The highest BCUT2D eigenvalue weighted by Crippen LogP contribution is 2.40. The van der Waals surface area contributed by atoms with Crippen LogP contribution in [0.4, 0.5) is 5.82 Å². The number of aliphatic hydroxyl groups excluding tert-OH is 2. The van der Waals surface area contributed by atoms with Crippen LogP contribution in [0.15, 0.2) is 12.5 Å². The Hall–Kier alpha value is -2.07. The molecule has 9 nitrogen and oxygen atoms in total. The van der Waals surface area contributed by atoms with Crippen molar-refractivity contribution in [3.8, 4) is 0 Å². The van der Waals surface area contributed by atoms with E-state index in [-0.39, 0.29) is 11.4 Å². The Morgan fingerprint density at radius 2 is 2.27 bits per heavy atom. The number of rotatable bonds is 3. The molecule has 0 aromatic carbocycles. The second kappa shape index (κ2) is 4.99. The average Bonchev–Trinajstić information content (AvgIpc) is 2.97. The largest absolute Gasteiger partial charge is 0.394 e. The standard InChI is InChI=1S/C13H16N4O5/c1-13(21)9(20)7(4-19)22-12(13)17-2-6(3-18)8-10(14)15-5-16-11(8)17/h2-3,5,7,9,12,19-21H,4H2,1H3,(H2,14,15,16)/t7?,9-,12?,13-/m1/s1. The van der Waals surface area contributed by atoms with Crippen LogP contribution < -0.4 is 5.73 Å². The third-order valence-electron chi connectivity index (χ3n) is 3.98. The van der Waals surface area contributed by atoms with Gasteiger partial charge in [0.15, 0.2) is 12.5 Å². The number of carbonyl (C=O) groups is 1. The number of nitrogen functional groups attached to an aromatic ring is 1. The summed E-state index contributed by atoms with van der Waals surface area (Å²) in [6.07, 6.45) is -0.0247. The number of aliphatic hydroxyl groups is 3. The lowest BCUT2D eigenvalue weighted by molar-refractivity contribution is -0.0948. The zero-order valence-corrected chi connectivity index (χ0v) is 11.7. The molecule has 2 aromatic heterocycles. The number of fused-ring (bicyclic) bond motifs is 1. The number of aldehydes is 1. The van der Waals surface area contributed by atoms with Crippen molar-refractivity contribution in [2.24, 2.45) is 0 Å². The summed E-state index contributed by atoms with van der Waals surface area (Å²) < 4.78 is 6.94. The summed E-state index contributed by atoms with van der Waals surface area (Å²) in [4.78, 5) is 19.1. The van der Waals surface area contributed by atoms with Crippen molar-refractivity contribution in [1.29, 1.82) is 0 Å². The van der Waals surface area contributed by atoms with Crippen molar-refractivity contribution in [1.82, 2.24) is 14.5 Å². The van der Waals surface area contributed by atoms with Gasteiger partial charge in [-0.05, 0) is 6.92 Å². The Balaban J connectivity index is 2.19. The molecule has 3 heterocycles. The van der Waals surface area contributed by atoms with E-state index < -0.39 is 30.6 Å². The number of anilines is 1. The van der Waals surface area contributed by atoms with Gasteiger partial charge in [0.1, 0.15) is 35.6 Å². The Morgan fingerprint density at radius 3 is 2.86 bits per heavy atom. The number of carbonyl (C=O) groups excluding carboxylic acids is 1. The minimum atomic E-state index is -1.68. The van der Waals surface area contributed by atoms with Gasteiger partial charge in [0.05, 0.1) is 12.0 Å². The summed E-state index contributed by atoms with van der Waals surface area (Å²) in [6, 6.07) is 0. The van der Waals surface area contributed by atoms with E-state index in [2.05, 4.69) is 9.97 Å². The van der Waals surface area contributed by atoms with E-state index in [1.54, 1.807) is 0 Å². The van der Waals surface area contributed by atoms with E-state index in [0.29, 0.717) is 17.3 Å². The van der Waals surface area contributed by atoms with Gasteiger partial charge in [0.2, 0.25) is 0 Å². The van der Waals surface area contributed by atoms with Crippen molar-refractivity contribution in [3.05, 3.63) is 18.1 Å². The van der Waals surface area contributed by atoms with E-state index in [4.69, 9.17) is 10.5 Å². The van der Waals surface area contributed by atoms with Crippen LogP contribution in [-0.4, -0.2) is 60.6 Å². The molecule has 2 unspecified atom stereocenters. The molecule has 0 radical (unpaired) electrons. The first-order valence-corrected chi connectivity index (χ1v) is 6.64. The molecule has 2 aromatic rings. The molecule has 0 bridgehead atoms. The summed E-state index contributed by atoms with van der Waals surface area (Å²) in [5, 5.41) is 30.2. The molecule has 3 rings (SSSR count). The highest BCUT2D eigenvalue weighted by atomic mass is 16.6.